The third-order valence-corrected chi connectivity index (χ3v) is 5.44. The molecule has 2 aromatic carbocycles. The molecule has 0 amide bonds. The summed E-state index contributed by atoms with van der Waals surface area (Å²) in [5.41, 5.74) is 5.59. The molecule has 0 saturated carbocycles. The Hall–Kier alpha value is -4.00. The molecule has 7 heteroatoms. The molecule has 3 aromatic heterocycles. The predicted molar refractivity (Wildman–Crippen MR) is 130 cm³/mol. The van der Waals surface area contributed by atoms with E-state index in [9.17, 15) is 0 Å². The number of aromatic amines is 2. The lowest BCUT2D eigenvalue weighted by molar-refractivity contribution is 0.340. The summed E-state index contributed by atoms with van der Waals surface area (Å²) in [5, 5.41) is 9.09. The van der Waals surface area contributed by atoms with Gasteiger partial charge in [-0.3, -0.25) is 0 Å². The highest BCUT2D eigenvalue weighted by Crippen LogP contribution is 2.27. The zero-order valence-corrected chi connectivity index (χ0v) is 18.2. The zero-order valence-electron chi connectivity index (χ0n) is 18.2. The van der Waals surface area contributed by atoms with Crippen LogP contribution in [-0.4, -0.2) is 33.1 Å². The molecule has 0 bridgehead atoms. The molecule has 0 saturated heterocycles. The lowest BCUT2D eigenvalue weighted by Crippen LogP contribution is -2.08. The summed E-state index contributed by atoms with van der Waals surface area (Å²) in [6, 6.07) is 16.3. The van der Waals surface area contributed by atoms with Gasteiger partial charge in [-0.1, -0.05) is 6.07 Å². The highest BCUT2D eigenvalue weighted by Gasteiger charge is 2.08. The van der Waals surface area contributed by atoms with E-state index in [1.54, 1.807) is 6.20 Å². The van der Waals surface area contributed by atoms with Crippen LogP contribution in [0.1, 0.15) is 18.2 Å². The molecule has 5 rings (SSSR count). The van der Waals surface area contributed by atoms with Gasteiger partial charge in [-0.05, 0) is 68.3 Å². The van der Waals surface area contributed by atoms with Crippen molar-refractivity contribution in [3.63, 3.8) is 0 Å². The summed E-state index contributed by atoms with van der Waals surface area (Å²) in [6.07, 6.45) is 4.67. The van der Waals surface area contributed by atoms with E-state index in [1.165, 1.54) is 10.9 Å². The molecule has 162 valence electrons. The van der Waals surface area contributed by atoms with Crippen molar-refractivity contribution in [2.24, 2.45) is 0 Å². The summed E-state index contributed by atoms with van der Waals surface area (Å²) in [5.74, 6) is 2.24. The second-order valence-electron chi connectivity index (χ2n) is 7.74. The summed E-state index contributed by atoms with van der Waals surface area (Å²) < 4.78 is 5.64. The highest BCUT2D eigenvalue weighted by molar-refractivity contribution is 5.94. The number of benzene rings is 2. The van der Waals surface area contributed by atoms with Crippen molar-refractivity contribution in [2.45, 2.75) is 20.3 Å². The summed E-state index contributed by atoms with van der Waals surface area (Å²) >= 11 is 0. The van der Waals surface area contributed by atoms with Crippen LogP contribution in [0.3, 0.4) is 0 Å². The Morgan fingerprint density at radius 3 is 2.88 bits per heavy atom. The minimum absolute atomic E-state index is 0.599. The third kappa shape index (κ3) is 4.09. The van der Waals surface area contributed by atoms with Gasteiger partial charge < -0.3 is 25.3 Å². The molecule has 5 aromatic rings. The Balaban J connectivity index is 1.26. The largest absolute Gasteiger partial charge is 0.494 e. The van der Waals surface area contributed by atoms with Gasteiger partial charge in [0.25, 0.3) is 0 Å². The fraction of sp³-hybridized carbons (Fsp3) is 0.200. The first kappa shape index (κ1) is 19.9. The van der Waals surface area contributed by atoms with Crippen LogP contribution < -0.4 is 15.4 Å². The van der Waals surface area contributed by atoms with Gasteiger partial charge in [0.1, 0.15) is 11.6 Å². The average Bonchev–Trinajstić information content (AvgIpc) is 3.37. The van der Waals surface area contributed by atoms with Gasteiger partial charge in [0.15, 0.2) is 0 Å². The lowest BCUT2D eigenvalue weighted by Gasteiger charge is -2.09. The standard InChI is InChI=1S/C25H26N6O/c1-3-32-18-7-8-21-19(14-18)17(15-28-21)9-11-26-25-27-12-10-24(31-25)30-23-6-4-5-22-20(23)13-16(2)29-22/h4-8,10,12-15,28-29H,3,9,11H2,1-2H3,(H2,26,27,30,31). The molecule has 0 unspecified atom stereocenters. The molecule has 0 fully saturated rings. The molecular weight excluding hydrogens is 400 g/mol. The van der Waals surface area contributed by atoms with Crippen molar-refractivity contribution < 1.29 is 4.74 Å². The number of aromatic nitrogens is 4. The minimum Gasteiger partial charge on any atom is -0.494 e. The Labute approximate surface area is 186 Å². The van der Waals surface area contributed by atoms with Crippen LogP contribution in [0.2, 0.25) is 0 Å². The fourth-order valence-electron chi connectivity index (χ4n) is 3.98. The number of nitrogens with one attached hydrogen (secondary N) is 4. The maximum atomic E-state index is 5.64. The molecule has 0 radical (unpaired) electrons. The molecule has 4 N–H and O–H groups in total. The van der Waals surface area contributed by atoms with Crippen molar-refractivity contribution in [3.05, 3.63) is 72.2 Å². The van der Waals surface area contributed by atoms with Crippen LogP contribution in [0.25, 0.3) is 21.8 Å². The van der Waals surface area contributed by atoms with Crippen molar-refractivity contribution in [1.82, 2.24) is 19.9 Å². The number of ether oxygens (including phenoxy) is 1. The molecule has 0 aliphatic heterocycles. The van der Waals surface area contributed by atoms with Gasteiger partial charge in [0.2, 0.25) is 5.95 Å². The van der Waals surface area contributed by atoms with Gasteiger partial charge in [-0.15, -0.1) is 0 Å². The number of hydrogen-bond acceptors (Lipinski definition) is 5. The first-order valence-corrected chi connectivity index (χ1v) is 10.8. The van der Waals surface area contributed by atoms with E-state index in [4.69, 9.17) is 4.74 Å². The van der Waals surface area contributed by atoms with Crippen LogP contribution in [0.5, 0.6) is 5.75 Å². The van der Waals surface area contributed by atoms with E-state index < -0.39 is 0 Å². The topological polar surface area (TPSA) is 90.6 Å². The number of hydrogen-bond donors (Lipinski definition) is 4. The molecule has 0 aliphatic carbocycles. The van der Waals surface area contributed by atoms with Crippen LogP contribution in [-0.2, 0) is 6.42 Å². The number of rotatable bonds is 8. The smallest absolute Gasteiger partial charge is 0.224 e. The zero-order chi connectivity index (χ0) is 21.9. The summed E-state index contributed by atoms with van der Waals surface area (Å²) in [7, 11) is 0. The SMILES string of the molecule is CCOc1ccc2[nH]cc(CCNc3nccc(Nc4cccc5[nH]c(C)cc45)n3)c2c1. The van der Waals surface area contributed by atoms with Crippen LogP contribution in [0.4, 0.5) is 17.5 Å². The van der Waals surface area contributed by atoms with E-state index in [0.717, 1.165) is 52.3 Å². The normalized spacial score (nSPS) is 11.2. The fourth-order valence-corrected chi connectivity index (χ4v) is 3.98. The van der Waals surface area contributed by atoms with Gasteiger partial charge in [-0.25, -0.2) is 4.98 Å². The lowest BCUT2D eigenvalue weighted by atomic mass is 10.1. The molecule has 0 spiro atoms. The molecule has 7 nitrogen and oxygen atoms in total. The van der Waals surface area contributed by atoms with Crippen LogP contribution in [0.15, 0.2) is 60.9 Å². The summed E-state index contributed by atoms with van der Waals surface area (Å²) in [6.45, 7) is 5.44. The Morgan fingerprint density at radius 2 is 1.97 bits per heavy atom. The Morgan fingerprint density at radius 1 is 1.03 bits per heavy atom. The summed E-state index contributed by atoms with van der Waals surface area (Å²) in [4.78, 5) is 15.7. The quantitative estimate of drug-likeness (QED) is 0.261. The number of H-pyrrole nitrogens is 2. The van der Waals surface area contributed by atoms with Gasteiger partial charge in [0, 0.05) is 52.1 Å². The van der Waals surface area contributed by atoms with Crippen LogP contribution >= 0.6 is 0 Å². The predicted octanol–water partition coefficient (Wildman–Crippen LogP) is 5.54. The number of nitrogens with zero attached hydrogens (tertiary/aromatic N) is 2. The molecule has 3 heterocycles. The van der Waals surface area contributed by atoms with E-state index in [-0.39, 0.29) is 0 Å². The molecule has 0 aliphatic rings. The Bertz CT molecular complexity index is 1370. The number of fused-ring (bicyclic) bond motifs is 2. The minimum atomic E-state index is 0.599. The van der Waals surface area contributed by atoms with Crippen molar-refractivity contribution in [1.29, 1.82) is 0 Å². The van der Waals surface area contributed by atoms with Gasteiger partial charge >= 0.3 is 0 Å². The first-order valence-electron chi connectivity index (χ1n) is 10.8. The van der Waals surface area contributed by atoms with Crippen molar-refractivity contribution >= 4 is 39.3 Å². The average molecular weight is 427 g/mol. The molecule has 0 atom stereocenters. The number of anilines is 3. The van der Waals surface area contributed by atoms with Crippen molar-refractivity contribution in [2.75, 3.05) is 23.8 Å². The monoisotopic (exact) mass is 426 g/mol. The molecular formula is C25H26N6O. The van der Waals surface area contributed by atoms with E-state index in [1.807, 2.05) is 25.1 Å². The second-order valence-corrected chi connectivity index (χ2v) is 7.74. The van der Waals surface area contributed by atoms with E-state index >= 15 is 0 Å². The van der Waals surface area contributed by atoms with Gasteiger partial charge in [0.05, 0.1) is 6.61 Å². The second kappa shape index (κ2) is 8.63. The van der Waals surface area contributed by atoms with E-state index in [0.29, 0.717) is 12.6 Å². The third-order valence-electron chi connectivity index (χ3n) is 5.44. The maximum absolute atomic E-state index is 5.64. The van der Waals surface area contributed by atoms with Crippen molar-refractivity contribution in [3.8, 4) is 5.75 Å². The number of aryl methyl sites for hydroxylation is 1. The highest BCUT2D eigenvalue weighted by atomic mass is 16.5. The Kier molecular flexibility index (Phi) is 5.37. The molecule has 32 heavy (non-hydrogen) atoms. The van der Waals surface area contributed by atoms with E-state index in [2.05, 4.69) is 74.0 Å². The maximum Gasteiger partial charge on any atom is 0.224 e. The first-order chi connectivity index (χ1) is 15.7. The van der Waals surface area contributed by atoms with Crippen LogP contribution in [0, 0.1) is 6.92 Å². The van der Waals surface area contributed by atoms with Gasteiger partial charge in [-0.2, -0.15) is 4.98 Å².